The molecular weight excluding hydrogens is 532 g/mol. The second kappa shape index (κ2) is 24.0. The van der Waals surface area contributed by atoms with Crippen LogP contribution >= 0.6 is 0 Å². The third-order valence-electron chi connectivity index (χ3n) is 8.31. The number of rotatable bonds is 26. The van der Waals surface area contributed by atoms with Gasteiger partial charge in [-0.25, -0.2) is 4.79 Å². The average molecular weight is 595 g/mol. The van der Waals surface area contributed by atoms with Crippen LogP contribution in [0, 0.1) is 0 Å². The number of esters is 1. The Hall–Kier alpha value is -2.33. The minimum absolute atomic E-state index is 0.00782. The highest BCUT2D eigenvalue weighted by Gasteiger charge is 2.13. The van der Waals surface area contributed by atoms with Gasteiger partial charge in [0.05, 0.1) is 17.8 Å². The lowest BCUT2D eigenvalue weighted by molar-refractivity contribution is 0.0626. The van der Waals surface area contributed by atoms with Crippen LogP contribution in [0.15, 0.2) is 48.5 Å². The first-order valence-corrected chi connectivity index (χ1v) is 17.8. The molecule has 0 saturated carbocycles. The molecule has 43 heavy (non-hydrogen) atoms. The van der Waals surface area contributed by atoms with Gasteiger partial charge in [-0.2, -0.15) is 0 Å². The Bertz CT molecular complexity index is 937. The van der Waals surface area contributed by atoms with E-state index in [1.54, 1.807) is 12.1 Å². The number of hydrogen-bond acceptors (Lipinski definition) is 4. The highest BCUT2D eigenvalue weighted by molar-refractivity contribution is 5.91. The summed E-state index contributed by atoms with van der Waals surface area (Å²) in [6.07, 6.45) is 24.9. The average Bonchev–Trinajstić information content (AvgIpc) is 3.02. The van der Waals surface area contributed by atoms with E-state index in [1.807, 2.05) is 36.4 Å². The molecule has 0 heterocycles. The smallest absolute Gasteiger partial charge is 0.343 e. The van der Waals surface area contributed by atoms with Crippen LogP contribution in [0.25, 0.3) is 0 Å². The molecule has 0 aromatic heterocycles. The molecular formula is C39H62O4. The van der Waals surface area contributed by atoms with Crippen molar-refractivity contribution in [3.05, 3.63) is 59.7 Å². The summed E-state index contributed by atoms with van der Waals surface area (Å²) in [5.41, 5.74) is 1.61. The number of benzene rings is 2. The van der Waals surface area contributed by atoms with Gasteiger partial charge in [0.2, 0.25) is 0 Å². The summed E-state index contributed by atoms with van der Waals surface area (Å²) in [6, 6.07) is 15.0. The van der Waals surface area contributed by atoms with Crippen molar-refractivity contribution in [3.63, 3.8) is 0 Å². The molecule has 2 aromatic carbocycles. The number of hydrogen-bond donors (Lipinski definition) is 0. The second-order valence-corrected chi connectivity index (χ2v) is 12.3. The van der Waals surface area contributed by atoms with Gasteiger partial charge in [-0.1, -0.05) is 136 Å². The summed E-state index contributed by atoms with van der Waals surface area (Å²) in [5.74, 6) is 0.983. The van der Waals surface area contributed by atoms with Crippen LogP contribution in [-0.2, 0) is 4.74 Å². The van der Waals surface area contributed by atoms with Crippen LogP contribution in [0.1, 0.15) is 172 Å². The first-order chi connectivity index (χ1) is 21.1. The lowest BCUT2D eigenvalue weighted by Crippen LogP contribution is -2.16. The Balaban J connectivity index is 1.58. The van der Waals surface area contributed by atoms with E-state index in [0.29, 0.717) is 11.3 Å². The van der Waals surface area contributed by atoms with E-state index in [0.717, 1.165) is 43.6 Å². The zero-order valence-corrected chi connectivity index (χ0v) is 28.0. The van der Waals surface area contributed by atoms with Crippen molar-refractivity contribution >= 4 is 5.97 Å². The molecule has 2 atom stereocenters. The molecule has 0 aliphatic rings. The molecule has 4 nitrogen and oxygen atoms in total. The van der Waals surface area contributed by atoms with Gasteiger partial charge in [-0.3, -0.25) is 0 Å². The maximum absolute atomic E-state index is 12.7. The summed E-state index contributed by atoms with van der Waals surface area (Å²) in [4.78, 5) is 12.7. The van der Waals surface area contributed by atoms with Crippen molar-refractivity contribution < 1.29 is 19.0 Å². The molecule has 2 unspecified atom stereocenters. The van der Waals surface area contributed by atoms with Crippen LogP contribution in [0.5, 0.6) is 11.5 Å². The van der Waals surface area contributed by atoms with Crippen LogP contribution < -0.4 is 9.47 Å². The Morgan fingerprint density at radius 1 is 0.581 bits per heavy atom. The summed E-state index contributed by atoms with van der Waals surface area (Å²) < 4.78 is 17.9. The Labute approximate surface area is 264 Å². The second-order valence-electron chi connectivity index (χ2n) is 12.3. The van der Waals surface area contributed by atoms with Gasteiger partial charge in [-0.05, 0) is 68.1 Å². The molecule has 0 N–H and O–H groups in total. The minimum Gasteiger partial charge on any atom is -0.490 e. The Morgan fingerprint density at radius 2 is 1.09 bits per heavy atom. The summed E-state index contributed by atoms with van der Waals surface area (Å²) in [7, 11) is 0. The SMILES string of the molecule is CCCCCCCCCCCCCCCCOC(C)c1ccc(C(=O)Oc2ccc(OC(CCC)CCCC)cc2)cc1. The number of carbonyl (C=O) groups excluding carboxylic acids is 1. The summed E-state index contributed by atoms with van der Waals surface area (Å²) in [6.45, 7) is 9.53. The van der Waals surface area contributed by atoms with Crippen LogP contribution in [0.2, 0.25) is 0 Å². The molecule has 0 aliphatic heterocycles. The van der Waals surface area contributed by atoms with E-state index < -0.39 is 0 Å². The molecule has 0 aliphatic carbocycles. The van der Waals surface area contributed by atoms with Crippen molar-refractivity contribution in [2.75, 3.05) is 6.61 Å². The predicted octanol–water partition coefficient (Wildman–Crippen LogP) is 12.2. The third-order valence-corrected chi connectivity index (χ3v) is 8.31. The quantitative estimate of drug-likeness (QED) is 0.0617. The molecule has 0 bridgehead atoms. The molecule has 4 heteroatoms. The molecule has 0 amide bonds. The molecule has 0 spiro atoms. The third kappa shape index (κ3) is 16.9. The highest BCUT2D eigenvalue weighted by Crippen LogP contribution is 2.23. The molecule has 0 radical (unpaired) electrons. The topological polar surface area (TPSA) is 44.8 Å². The fourth-order valence-electron chi connectivity index (χ4n) is 5.50. The van der Waals surface area contributed by atoms with Gasteiger partial charge in [0, 0.05) is 6.61 Å². The van der Waals surface area contributed by atoms with Gasteiger partial charge >= 0.3 is 5.97 Å². The van der Waals surface area contributed by atoms with Gasteiger partial charge in [0.1, 0.15) is 11.5 Å². The van der Waals surface area contributed by atoms with Gasteiger partial charge in [-0.15, -0.1) is 0 Å². The summed E-state index contributed by atoms with van der Waals surface area (Å²) in [5, 5.41) is 0. The van der Waals surface area contributed by atoms with Crippen LogP contribution in [0.4, 0.5) is 0 Å². The van der Waals surface area contributed by atoms with Crippen molar-refractivity contribution in [3.8, 4) is 11.5 Å². The zero-order valence-electron chi connectivity index (χ0n) is 28.0. The number of carbonyl (C=O) groups is 1. The van der Waals surface area contributed by atoms with Crippen molar-refractivity contribution in [2.24, 2.45) is 0 Å². The summed E-state index contributed by atoms with van der Waals surface area (Å²) >= 11 is 0. The fraction of sp³-hybridized carbons (Fsp3) is 0.667. The van der Waals surface area contributed by atoms with E-state index >= 15 is 0 Å². The minimum atomic E-state index is -0.358. The molecule has 242 valence electrons. The zero-order chi connectivity index (χ0) is 31.0. The Morgan fingerprint density at radius 3 is 1.63 bits per heavy atom. The molecule has 0 fully saturated rings. The van der Waals surface area contributed by atoms with E-state index in [4.69, 9.17) is 14.2 Å². The van der Waals surface area contributed by atoms with Crippen molar-refractivity contribution in [2.45, 2.75) is 162 Å². The molecule has 2 rings (SSSR count). The van der Waals surface area contributed by atoms with Crippen LogP contribution in [0.3, 0.4) is 0 Å². The van der Waals surface area contributed by atoms with E-state index in [9.17, 15) is 4.79 Å². The van der Waals surface area contributed by atoms with Crippen molar-refractivity contribution in [1.82, 2.24) is 0 Å². The normalized spacial score (nSPS) is 12.7. The van der Waals surface area contributed by atoms with Crippen LogP contribution in [-0.4, -0.2) is 18.7 Å². The molecule has 2 aromatic rings. The predicted molar refractivity (Wildman–Crippen MR) is 181 cm³/mol. The first kappa shape index (κ1) is 36.9. The van der Waals surface area contributed by atoms with Crippen molar-refractivity contribution in [1.29, 1.82) is 0 Å². The lowest BCUT2D eigenvalue weighted by atomic mass is 10.0. The first-order valence-electron chi connectivity index (χ1n) is 17.8. The van der Waals surface area contributed by atoms with Gasteiger partial charge in [0.15, 0.2) is 0 Å². The number of unbranched alkanes of at least 4 members (excludes halogenated alkanes) is 14. The maximum atomic E-state index is 12.7. The van der Waals surface area contributed by atoms with E-state index in [1.165, 1.54) is 96.3 Å². The Kier molecular flexibility index (Phi) is 20.6. The number of ether oxygens (including phenoxy) is 3. The maximum Gasteiger partial charge on any atom is 0.343 e. The highest BCUT2D eigenvalue weighted by atomic mass is 16.5. The lowest BCUT2D eigenvalue weighted by Gasteiger charge is -2.18. The standard InChI is InChI=1S/C39H62O4/c1-5-8-10-11-12-13-14-15-16-17-18-19-20-21-32-41-33(4)34-24-26-35(27-25-34)39(40)43-38-30-28-37(29-31-38)42-36(22-7-3)23-9-6-2/h24-31,33,36H,5-23,32H2,1-4H3. The fourth-order valence-corrected chi connectivity index (χ4v) is 5.50. The van der Waals surface area contributed by atoms with Gasteiger partial charge < -0.3 is 14.2 Å². The largest absolute Gasteiger partial charge is 0.490 e. The van der Waals surface area contributed by atoms with Gasteiger partial charge in [0.25, 0.3) is 0 Å². The monoisotopic (exact) mass is 594 g/mol. The van der Waals surface area contributed by atoms with E-state index in [2.05, 4.69) is 27.7 Å². The molecule has 0 saturated heterocycles. The van der Waals surface area contributed by atoms with E-state index in [-0.39, 0.29) is 18.2 Å².